The van der Waals surface area contributed by atoms with Crippen LogP contribution in [0.25, 0.3) is 11.3 Å². The molecule has 2 aromatic rings. The second-order valence-corrected chi connectivity index (χ2v) is 4.61. The summed E-state index contributed by atoms with van der Waals surface area (Å²) in [5.41, 5.74) is 9.17. The molecule has 2 N–H and O–H groups in total. The van der Waals surface area contributed by atoms with Gasteiger partial charge in [0.05, 0.1) is 5.69 Å². The van der Waals surface area contributed by atoms with Crippen LogP contribution in [0.2, 0.25) is 0 Å². The van der Waals surface area contributed by atoms with E-state index in [0.29, 0.717) is 0 Å². The molecule has 1 aromatic heterocycles. The number of hydrogen-bond donors (Lipinski definition) is 1. The molecular formula is C12H14BrN3. The maximum Gasteiger partial charge on any atom is 0.125 e. The van der Waals surface area contributed by atoms with Crippen molar-refractivity contribution in [3.63, 3.8) is 0 Å². The second kappa shape index (κ2) is 4.29. The third-order valence-electron chi connectivity index (χ3n) is 2.66. The molecular weight excluding hydrogens is 266 g/mol. The molecule has 1 heterocycles. The van der Waals surface area contributed by atoms with Crippen LogP contribution in [-0.4, -0.2) is 9.78 Å². The van der Waals surface area contributed by atoms with Crippen LogP contribution in [0.1, 0.15) is 12.5 Å². The lowest BCUT2D eigenvalue weighted by Crippen LogP contribution is -1.98. The number of aromatic nitrogens is 2. The fourth-order valence-corrected chi connectivity index (χ4v) is 2.03. The van der Waals surface area contributed by atoms with Crippen LogP contribution >= 0.6 is 15.9 Å². The molecule has 0 fully saturated rings. The summed E-state index contributed by atoms with van der Waals surface area (Å²) in [6.07, 6.45) is 0.894. The topological polar surface area (TPSA) is 43.8 Å². The molecule has 0 bridgehead atoms. The highest BCUT2D eigenvalue weighted by Gasteiger charge is 2.13. The van der Waals surface area contributed by atoms with Crippen molar-refractivity contribution in [1.82, 2.24) is 9.78 Å². The molecule has 4 heteroatoms. The van der Waals surface area contributed by atoms with Gasteiger partial charge >= 0.3 is 0 Å². The van der Waals surface area contributed by atoms with Gasteiger partial charge in [0.15, 0.2) is 0 Å². The number of nitrogens with zero attached hydrogens (tertiary/aromatic N) is 2. The van der Waals surface area contributed by atoms with Crippen LogP contribution in [0.15, 0.2) is 28.7 Å². The molecule has 0 amide bonds. The Kier molecular flexibility index (Phi) is 3.01. The molecule has 0 radical (unpaired) electrons. The number of hydrogen-bond acceptors (Lipinski definition) is 2. The molecule has 84 valence electrons. The smallest absolute Gasteiger partial charge is 0.125 e. The first kappa shape index (κ1) is 11.2. The minimum atomic E-state index is 0.750. The predicted octanol–water partition coefficient (Wildman–Crippen LogP) is 2.99. The van der Waals surface area contributed by atoms with Gasteiger partial charge in [-0.3, -0.25) is 4.68 Å². The van der Waals surface area contributed by atoms with E-state index in [4.69, 9.17) is 5.73 Å². The van der Waals surface area contributed by atoms with Crippen LogP contribution < -0.4 is 5.73 Å². The molecule has 0 aliphatic heterocycles. The van der Waals surface area contributed by atoms with E-state index in [9.17, 15) is 0 Å². The first-order chi connectivity index (χ1) is 7.63. The van der Waals surface area contributed by atoms with Gasteiger partial charge in [-0.2, -0.15) is 5.10 Å². The maximum atomic E-state index is 5.97. The highest BCUT2D eigenvalue weighted by atomic mass is 79.9. The van der Waals surface area contributed by atoms with E-state index in [-0.39, 0.29) is 0 Å². The Labute approximate surface area is 103 Å². The highest BCUT2D eigenvalue weighted by molar-refractivity contribution is 9.10. The van der Waals surface area contributed by atoms with Gasteiger partial charge in [0.25, 0.3) is 0 Å². The zero-order valence-electron chi connectivity index (χ0n) is 9.37. The van der Waals surface area contributed by atoms with Gasteiger partial charge in [0, 0.05) is 22.6 Å². The van der Waals surface area contributed by atoms with Gasteiger partial charge in [-0.15, -0.1) is 0 Å². The van der Waals surface area contributed by atoms with Crippen molar-refractivity contribution in [3.8, 4) is 11.3 Å². The summed E-state index contributed by atoms with van der Waals surface area (Å²) in [5, 5.41) is 4.46. The summed E-state index contributed by atoms with van der Waals surface area (Å²) in [6, 6.07) is 8.12. The van der Waals surface area contributed by atoms with Gasteiger partial charge in [-0.25, -0.2) is 0 Å². The number of nitrogens with two attached hydrogens (primary N) is 1. The standard InChI is InChI=1S/C12H14BrN3/c1-3-10-11(15-16(2)12(10)14)8-4-6-9(13)7-5-8/h4-7H,3,14H2,1-2H3. The minimum absolute atomic E-state index is 0.750. The highest BCUT2D eigenvalue weighted by Crippen LogP contribution is 2.27. The van der Waals surface area contributed by atoms with E-state index in [1.807, 2.05) is 31.3 Å². The Bertz CT molecular complexity index is 500. The van der Waals surface area contributed by atoms with Crippen molar-refractivity contribution in [2.24, 2.45) is 7.05 Å². The molecule has 0 saturated heterocycles. The molecule has 2 rings (SSSR count). The van der Waals surface area contributed by atoms with Crippen molar-refractivity contribution in [2.45, 2.75) is 13.3 Å². The van der Waals surface area contributed by atoms with Gasteiger partial charge in [0.2, 0.25) is 0 Å². The summed E-state index contributed by atoms with van der Waals surface area (Å²) in [5.74, 6) is 0.750. The van der Waals surface area contributed by atoms with E-state index < -0.39 is 0 Å². The molecule has 0 spiro atoms. The van der Waals surface area contributed by atoms with Crippen LogP contribution in [0.3, 0.4) is 0 Å². The van der Waals surface area contributed by atoms with E-state index >= 15 is 0 Å². The molecule has 0 atom stereocenters. The predicted molar refractivity (Wildman–Crippen MR) is 70.1 cm³/mol. The van der Waals surface area contributed by atoms with Crippen molar-refractivity contribution in [2.75, 3.05) is 5.73 Å². The summed E-state index contributed by atoms with van der Waals surface area (Å²) in [6.45, 7) is 2.09. The first-order valence-corrected chi connectivity index (χ1v) is 6.00. The van der Waals surface area contributed by atoms with E-state index in [1.54, 1.807) is 4.68 Å². The Morgan fingerprint density at radius 1 is 1.31 bits per heavy atom. The molecule has 3 nitrogen and oxygen atoms in total. The summed E-state index contributed by atoms with van der Waals surface area (Å²) < 4.78 is 2.80. The minimum Gasteiger partial charge on any atom is -0.384 e. The number of nitrogen functional groups attached to an aromatic ring is 1. The lowest BCUT2D eigenvalue weighted by atomic mass is 10.1. The van der Waals surface area contributed by atoms with E-state index in [0.717, 1.165) is 33.5 Å². The van der Waals surface area contributed by atoms with Gasteiger partial charge in [-0.05, 0) is 18.6 Å². The normalized spacial score (nSPS) is 10.7. The third-order valence-corrected chi connectivity index (χ3v) is 3.19. The Morgan fingerprint density at radius 2 is 1.94 bits per heavy atom. The monoisotopic (exact) mass is 279 g/mol. The molecule has 16 heavy (non-hydrogen) atoms. The number of aryl methyl sites for hydroxylation is 1. The van der Waals surface area contributed by atoms with Crippen LogP contribution in [-0.2, 0) is 13.5 Å². The molecule has 0 aliphatic carbocycles. The second-order valence-electron chi connectivity index (χ2n) is 3.70. The van der Waals surface area contributed by atoms with E-state index in [2.05, 4.69) is 28.0 Å². The van der Waals surface area contributed by atoms with Gasteiger partial charge in [-0.1, -0.05) is 35.0 Å². The summed E-state index contributed by atoms with van der Waals surface area (Å²) in [7, 11) is 1.87. The summed E-state index contributed by atoms with van der Waals surface area (Å²) >= 11 is 3.42. The Morgan fingerprint density at radius 3 is 2.50 bits per heavy atom. The SMILES string of the molecule is CCc1c(-c2ccc(Br)cc2)nn(C)c1N. The van der Waals surface area contributed by atoms with Crippen LogP contribution in [0.5, 0.6) is 0 Å². The van der Waals surface area contributed by atoms with Crippen molar-refractivity contribution in [1.29, 1.82) is 0 Å². The van der Waals surface area contributed by atoms with Crippen molar-refractivity contribution >= 4 is 21.7 Å². The number of halogens is 1. The fraction of sp³-hybridized carbons (Fsp3) is 0.250. The largest absolute Gasteiger partial charge is 0.384 e. The number of benzene rings is 1. The lowest BCUT2D eigenvalue weighted by molar-refractivity contribution is 0.781. The summed E-state index contributed by atoms with van der Waals surface area (Å²) in [4.78, 5) is 0. The van der Waals surface area contributed by atoms with Crippen LogP contribution in [0.4, 0.5) is 5.82 Å². The molecule has 0 unspecified atom stereocenters. The van der Waals surface area contributed by atoms with Gasteiger partial charge in [0.1, 0.15) is 5.82 Å². The Hall–Kier alpha value is -1.29. The third kappa shape index (κ3) is 1.85. The van der Waals surface area contributed by atoms with Crippen LogP contribution in [0, 0.1) is 0 Å². The fourth-order valence-electron chi connectivity index (χ4n) is 1.77. The average Bonchev–Trinajstić information content (AvgIpc) is 2.56. The van der Waals surface area contributed by atoms with Gasteiger partial charge < -0.3 is 5.73 Å². The lowest BCUT2D eigenvalue weighted by Gasteiger charge is -2.00. The van der Waals surface area contributed by atoms with Crippen molar-refractivity contribution in [3.05, 3.63) is 34.3 Å². The van der Waals surface area contributed by atoms with E-state index in [1.165, 1.54) is 0 Å². The first-order valence-electron chi connectivity index (χ1n) is 5.20. The number of rotatable bonds is 2. The van der Waals surface area contributed by atoms with Crippen molar-refractivity contribution < 1.29 is 0 Å². The molecule has 1 aromatic carbocycles. The Balaban J connectivity index is 2.55. The maximum absolute atomic E-state index is 5.97. The quantitative estimate of drug-likeness (QED) is 0.919. The number of anilines is 1. The molecule has 0 saturated carbocycles. The average molecular weight is 280 g/mol. The zero-order chi connectivity index (χ0) is 11.7. The zero-order valence-corrected chi connectivity index (χ0v) is 11.0. The molecule has 0 aliphatic rings.